The van der Waals surface area contributed by atoms with E-state index in [1.165, 1.54) is 30.6 Å². The zero-order chi connectivity index (χ0) is 17.0. The van der Waals surface area contributed by atoms with Crippen LogP contribution in [0.4, 0.5) is 0 Å². The first-order chi connectivity index (χ1) is 10.8. The first kappa shape index (κ1) is 17.4. The SMILES string of the molecule is CCc1nc(COC(=O)c2cc(S(N)(=O)=O)ccc2OC)cs1. The number of nitrogens with zero attached hydrogens (tertiary/aromatic N) is 1. The third-order valence-corrected chi connectivity index (χ3v) is 4.93. The van der Waals surface area contributed by atoms with Crippen LogP contribution in [0.15, 0.2) is 28.5 Å². The average molecular weight is 356 g/mol. The molecule has 1 aromatic heterocycles. The van der Waals surface area contributed by atoms with Gasteiger partial charge in [-0.15, -0.1) is 11.3 Å². The van der Waals surface area contributed by atoms with Crippen LogP contribution in [0.1, 0.15) is 28.0 Å². The van der Waals surface area contributed by atoms with E-state index in [2.05, 4.69) is 4.98 Å². The van der Waals surface area contributed by atoms with E-state index in [0.717, 1.165) is 17.5 Å². The van der Waals surface area contributed by atoms with Crippen molar-refractivity contribution in [1.82, 2.24) is 4.98 Å². The van der Waals surface area contributed by atoms with E-state index in [0.29, 0.717) is 5.69 Å². The lowest BCUT2D eigenvalue weighted by molar-refractivity contribution is 0.0464. The molecular formula is C14H16N2O5S2. The number of primary sulfonamides is 1. The van der Waals surface area contributed by atoms with E-state index in [9.17, 15) is 13.2 Å². The summed E-state index contributed by atoms with van der Waals surface area (Å²) in [6.45, 7) is 1.98. The third kappa shape index (κ3) is 4.27. The molecule has 1 heterocycles. The second kappa shape index (κ2) is 7.07. The summed E-state index contributed by atoms with van der Waals surface area (Å²) in [5.74, 6) is -0.506. The van der Waals surface area contributed by atoms with E-state index in [1.807, 2.05) is 12.3 Å². The molecule has 2 aromatic rings. The summed E-state index contributed by atoms with van der Waals surface area (Å²) < 4.78 is 33.0. The maximum absolute atomic E-state index is 12.2. The Labute approximate surface area is 138 Å². The van der Waals surface area contributed by atoms with Gasteiger partial charge in [0.1, 0.15) is 17.9 Å². The van der Waals surface area contributed by atoms with Crippen molar-refractivity contribution in [2.24, 2.45) is 5.14 Å². The van der Waals surface area contributed by atoms with Crippen LogP contribution in [-0.4, -0.2) is 26.5 Å². The van der Waals surface area contributed by atoms with Crippen molar-refractivity contribution < 1.29 is 22.7 Å². The second-order valence-corrected chi connectivity index (χ2v) is 7.07. The number of aromatic nitrogens is 1. The summed E-state index contributed by atoms with van der Waals surface area (Å²) in [7, 11) is -2.55. The highest BCUT2D eigenvalue weighted by Gasteiger charge is 2.19. The van der Waals surface area contributed by atoms with E-state index in [1.54, 1.807) is 0 Å². The van der Waals surface area contributed by atoms with Crippen LogP contribution in [-0.2, 0) is 27.8 Å². The normalized spacial score (nSPS) is 11.3. The number of benzene rings is 1. The number of nitrogens with two attached hydrogens (primary N) is 1. The smallest absolute Gasteiger partial charge is 0.342 e. The Kier molecular flexibility index (Phi) is 5.34. The lowest BCUT2D eigenvalue weighted by Gasteiger charge is -2.09. The molecule has 2 N–H and O–H groups in total. The first-order valence-electron chi connectivity index (χ1n) is 6.66. The van der Waals surface area contributed by atoms with Crippen LogP contribution < -0.4 is 9.88 Å². The molecule has 0 aliphatic heterocycles. The van der Waals surface area contributed by atoms with Crippen LogP contribution in [0.2, 0.25) is 0 Å². The van der Waals surface area contributed by atoms with Crippen LogP contribution in [0, 0.1) is 0 Å². The van der Waals surface area contributed by atoms with Gasteiger partial charge in [0.15, 0.2) is 0 Å². The van der Waals surface area contributed by atoms with Crippen LogP contribution in [0.3, 0.4) is 0 Å². The van der Waals surface area contributed by atoms with E-state index in [-0.39, 0.29) is 22.8 Å². The fourth-order valence-electron chi connectivity index (χ4n) is 1.82. The van der Waals surface area contributed by atoms with Gasteiger partial charge in [0.2, 0.25) is 10.0 Å². The molecule has 7 nitrogen and oxygen atoms in total. The van der Waals surface area contributed by atoms with Crippen molar-refractivity contribution in [3.8, 4) is 5.75 Å². The molecule has 0 saturated carbocycles. The average Bonchev–Trinajstić information content (AvgIpc) is 2.99. The highest BCUT2D eigenvalue weighted by molar-refractivity contribution is 7.89. The molecule has 0 fully saturated rings. The van der Waals surface area contributed by atoms with Crippen LogP contribution in [0.5, 0.6) is 5.75 Å². The molecule has 0 amide bonds. The Morgan fingerprint density at radius 3 is 2.70 bits per heavy atom. The number of hydrogen-bond donors (Lipinski definition) is 1. The molecule has 0 bridgehead atoms. The number of aryl methyl sites for hydroxylation is 1. The van der Waals surface area contributed by atoms with Gasteiger partial charge >= 0.3 is 5.97 Å². The largest absolute Gasteiger partial charge is 0.496 e. The maximum Gasteiger partial charge on any atom is 0.342 e. The van der Waals surface area contributed by atoms with Gasteiger partial charge in [-0.2, -0.15) is 0 Å². The quantitative estimate of drug-likeness (QED) is 0.789. The van der Waals surface area contributed by atoms with Crippen molar-refractivity contribution in [3.63, 3.8) is 0 Å². The van der Waals surface area contributed by atoms with Gasteiger partial charge in [0.25, 0.3) is 0 Å². The van der Waals surface area contributed by atoms with Crippen molar-refractivity contribution in [2.45, 2.75) is 24.8 Å². The molecule has 124 valence electrons. The Balaban J connectivity index is 2.20. The maximum atomic E-state index is 12.2. The molecule has 0 aliphatic carbocycles. The number of thiazole rings is 1. The number of rotatable bonds is 6. The fourth-order valence-corrected chi connectivity index (χ4v) is 3.09. The van der Waals surface area contributed by atoms with E-state index in [4.69, 9.17) is 14.6 Å². The molecule has 0 atom stereocenters. The van der Waals surface area contributed by atoms with Gasteiger partial charge in [-0.05, 0) is 24.6 Å². The molecule has 0 aliphatic rings. The molecule has 0 saturated heterocycles. The van der Waals surface area contributed by atoms with Crippen molar-refractivity contribution in [3.05, 3.63) is 39.8 Å². The molecule has 2 rings (SSSR count). The third-order valence-electron chi connectivity index (χ3n) is 2.97. The molecule has 0 radical (unpaired) electrons. The molecular weight excluding hydrogens is 340 g/mol. The van der Waals surface area contributed by atoms with Gasteiger partial charge in [-0.3, -0.25) is 0 Å². The monoisotopic (exact) mass is 356 g/mol. The minimum atomic E-state index is -3.92. The van der Waals surface area contributed by atoms with Crippen molar-refractivity contribution in [1.29, 1.82) is 0 Å². The summed E-state index contributed by atoms with van der Waals surface area (Å²) in [5, 5.41) is 7.83. The van der Waals surface area contributed by atoms with Gasteiger partial charge in [0, 0.05) is 5.38 Å². The predicted octanol–water partition coefficient (Wildman–Crippen LogP) is 1.72. The molecule has 0 spiro atoms. The Bertz CT molecular complexity index is 814. The van der Waals surface area contributed by atoms with Crippen molar-refractivity contribution in [2.75, 3.05) is 7.11 Å². The molecule has 0 unspecified atom stereocenters. The highest BCUT2D eigenvalue weighted by atomic mass is 32.2. The standard InChI is InChI=1S/C14H16N2O5S2/c1-3-13-16-9(8-22-13)7-21-14(17)11-6-10(23(15,18)19)4-5-12(11)20-2/h4-6,8H,3,7H2,1-2H3,(H2,15,18,19). The number of esters is 1. The fraction of sp³-hybridized carbons (Fsp3) is 0.286. The predicted molar refractivity (Wildman–Crippen MR) is 85.0 cm³/mol. The Hall–Kier alpha value is -1.97. The number of ether oxygens (including phenoxy) is 2. The molecule has 1 aromatic carbocycles. The molecule has 23 heavy (non-hydrogen) atoms. The summed E-state index contributed by atoms with van der Waals surface area (Å²) in [6.07, 6.45) is 0.808. The number of carbonyl (C=O) groups excluding carboxylic acids is 1. The Morgan fingerprint density at radius 1 is 1.39 bits per heavy atom. The minimum absolute atomic E-state index is 0.00189. The Morgan fingerprint density at radius 2 is 2.13 bits per heavy atom. The van der Waals surface area contributed by atoms with Gasteiger partial charge in [0.05, 0.1) is 22.7 Å². The minimum Gasteiger partial charge on any atom is -0.496 e. The van der Waals surface area contributed by atoms with Crippen molar-refractivity contribution >= 4 is 27.3 Å². The lowest BCUT2D eigenvalue weighted by atomic mass is 10.2. The zero-order valence-electron chi connectivity index (χ0n) is 12.6. The summed E-state index contributed by atoms with van der Waals surface area (Å²) in [4.78, 5) is 16.3. The number of carbonyl (C=O) groups is 1. The second-order valence-electron chi connectivity index (χ2n) is 4.57. The first-order valence-corrected chi connectivity index (χ1v) is 9.09. The summed E-state index contributed by atoms with van der Waals surface area (Å²) >= 11 is 1.49. The highest BCUT2D eigenvalue weighted by Crippen LogP contribution is 2.23. The topological polar surface area (TPSA) is 109 Å². The zero-order valence-corrected chi connectivity index (χ0v) is 14.2. The number of methoxy groups -OCH3 is 1. The van der Waals surface area contributed by atoms with Crippen LogP contribution in [0.25, 0.3) is 0 Å². The van der Waals surface area contributed by atoms with Gasteiger partial charge in [-0.25, -0.2) is 23.3 Å². The van der Waals surface area contributed by atoms with Gasteiger partial charge in [-0.1, -0.05) is 6.92 Å². The summed E-state index contributed by atoms with van der Waals surface area (Å²) in [5.41, 5.74) is 0.631. The molecule has 9 heteroatoms. The summed E-state index contributed by atoms with van der Waals surface area (Å²) in [6, 6.07) is 3.75. The number of sulfonamides is 1. The lowest BCUT2D eigenvalue weighted by Crippen LogP contribution is -2.14. The van der Waals surface area contributed by atoms with E-state index >= 15 is 0 Å². The van der Waals surface area contributed by atoms with Crippen LogP contribution >= 0.6 is 11.3 Å². The van der Waals surface area contributed by atoms with E-state index < -0.39 is 16.0 Å². The number of hydrogen-bond acceptors (Lipinski definition) is 7. The van der Waals surface area contributed by atoms with Gasteiger partial charge < -0.3 is 9.47 Å².